The highest BCUT2D eigenvalue weighted by Crippen LogP contribution is 2.27. The molecule has 3 amide bonds. The van der Waals surface area contributed by atoms with Crippen LogP contribution in [0, 0.1) is 6.92 Å². The number of carbonyl (C=O) groups excluding carboxylic acids is 3. The van der Waals surface area contributed by atoms with E-state index in [-0.39, 0.29) is 23.2 Å². The third-order valence-corrected chi connectivity index (χ3v) is 6.09. The first-order valence-electron chi connectivity index (χ1n) is 11.2. The lowest BCUT2D eigenvalue weighted by molar-refractivity contribution is 0.0631. The van der Waals surface area contributed by atoms with Gasteiger partial charge in [-0.15, -0.1) is 0 Å². The summed E-state index contributed by atoms with van der Waals surface area (Å²) in [4.78, 5) is 44.2. The molecule has 3 aromatic heterocycles. The molecule has 9 nitrogen and oxygen atoms in total. The molecule has 6 rings (SSSR count). The van der Waals surface area contributed by atoms with Gasteiger partial charge in [0.05, 0.1) is 47.2 Å². The van der Waals surface area contributed by atoms with Crippen LogP contribution in [0.15, 0.2) is 83.6 Å². The summed E-state index contributed by atoms with van der Waals surface area (Å²) in [7, 11) is 0. The van der Waals surface area contributed by atoms with Crippen molar-refractivity contribution in [3.63, 3.8) is 0 Å². The van der Waals surface area contributed by atoms with E-state index in [1.165, 1.54) is 24.5 Å². The van der Waals surface area contributed by atoms with Crippen LogP contribution >= 0.6 is 0 Å². The Bertz CT molecular complexity index is 1650. The molecule has 1 N–H and O–H groups in total. The summed E-state index contributed by atoms with van der Waals surface area (Å²) in [6.07, 6.45) is 3.05. The lowest BCUT2D eigenvalue weighted by atomic mass is 10.1. The number of pyridine rings is 1. The summed E-state index contributed by atoms with van der Waals surface area (Å²) in [5.74, 6) is -0.806. The molecular formula is C27H19N5O4. The molecule has 0 fully saturated rings. The molecule has 1 aliphatic rings. The van der Waals surface area contributed by atoms with Crippen LogP contribution in [-0.2, 0) is 6.54 Å². The number of nitrogens with zero attached hydrogens (tertiary/aromatic N) is 4. The zero-order valence-electron chi connectivity index (χ0n) is 19.1. The van der Waals surface area contributed by atoms with Crippen LogP contribution in [-0.4, -0.2) is 37.4 Å². The molecular weight excluding hydrogens is 458 g/mol. The Hall–Kier alpha value is -5.05. The summed E-state index contributed by atoms with van der Waals surface area (Å²) >= 11 is 0. The SMILES string of the molecule is Cc1nn(-c2ccccc2)c2ncc(NC(=O)c3ccc4c(c3)C(=O)N(Cc3ccco3)C4=O)cc12. The van der Waals surface area contributed by atoms with Crippen LogP contribution in [0.3, 0.4) is 0 Å². The van der Waals surface area contributed by atoms with Crippen molar-refractivity contribution in [1.29, 1.82) is 0 Å². The van der Waals surface area contributed by atoms with Gasteiger partial charge in [0.25, 0.3) is 17.7 Å². The largest absolute Gasteiger partial charge is 0.467 e. The number of fused-ring (bicyclic) bond motifs is 2. The van der Waals surface area contributed by atoms with Gasteiger partial charge in [-0.1, -0.05) is 18.2 Å². The Morgan fingerprint density at radius 3 is 2.56 bits per heavy atom. The van der Waals surface area contributed by atoms with Crippen LogP contribution in [0.2, 0.25) is 0 Å². The van der Waals surface area contributed by atoms with Crippen molar-refractivity contribution in [3.8, 4) is 5.69 Å². The number of aromatic nitrogens is 3. The lowest BCUT2D eigenvalue weighted by Crippen LogP contribution is -2.28. The summed E-state index contributed by atoms with van der Waals surface area (Å²) in [6.45, 7) is 1.91. The molecule has 0 saturated heterocycles. The summed E-state index contributed by atoms with van der Waals surface area (Å²) < 4.78 is 7.02. The molecule has 0 aliphatic carbocycles. The molecule has 0 atom stereocenters. The number of hydrogen-bond acceptors (Lipinski definition) is 6. The molecule has 0 spiro atoms. The average Bonchev–Trinajstić information content (AvgIpc) is 3.59. The predicted molar refractivity (Wildman–Crippen MR) is 131 cm³/mol. The second-order valence-electron chi connectivity index (χ2n) is 8.42. The van der Waals surface area contributed by atoms with Crippen LogP contribution in [0.5, 0.6) is 0 Å². The maximum absolute atomic E-state index is 13.0. The molecule has 0 radical (unpaired) electrons. The van der Waals surface area contributed by atoms with Gasteiger partial charge in [0.2, 0.25) is 0 Å². The van der Waals surface area contributed by atoms with E-state index < -0.39 is 17.7 Å². The smallest absolute Gasteiger partial charge is 0.261 e. The van der Waals surface area contributed by atoms with Crippen LogP contribution < -0.4 is 5.32 Å². The van der Waals surface area contributed by atoms with E-state index in [0.717, 1.165) is 21.7 Å². The Kier molecular flexibility index (Phi) is 4.96. The zero-order chi connectivity index (χ0) is 24.8. The number of carbonyl (C=O) groups is 3. The average molecular weight is 477 g/mol. The molecule has 0 bridgehead atoms. The monoisotopic (exact) mass is 477 g/mol. The number of benzene rings is 2. The minimum atomic E-state index is -0.465. The van der Waals surface area contributed by atoms with E-state index in [9.17, 15) is 14.4 Å². The van der Waals surface area contributed by atoms with E-state index in [0.29, 0.717) is 17.1 Å². The van der Waals surface area contributed by atoms with Gasteiger partial charge in [-0.3, -0.25) is 19.3 Å². The van der Waals surface area contributed by atoms with Gasteiger partial charge in [-0.05, 0) is 55.5 Å². The Labute approximate surface area is 205 Å². The molecule has 9 heteroatoms. The third-order valence-electron chi connectivity index (χ3n) is 6.09. The molecule has 5 aromatic rings. The number of aryl methyl sites for hydroxylation is 1. The number of furan rings is 1. The first kappa shape index (κ1) is 21.5. The number of rotatable bonds is 5. The normalized spacial score (nSPS) is 12.9. The highest BCUT2D eigenvalue weighted by molar-refractivity contribution is 6.22. The van der Waals surface area contributed by atoms with E-state index in [1.54, 1.807) is 23.0 Å². The first-order valence-corrected chi connectivity index (χ1v) is 11.2. The fourth-order valence-electron chi connectivity index (χ4n) is 4.30. The Morgan fingerprint density at radius 2 is 1.78 bits per heavy atom. The van der Waals surface area contributed by atoms with Crippen LogP contribution in [0.1, 0.15) is 42.5 Å². The van der Waals surface area contributed by atoms with Gasteiger partial charge in [-0.2, -0.15) is 5.10 Å². The highest BCUT2D eigenvalue weighted by atomic mass is 16.3. The van der Waals surface area contributed by atoms with Crippen molar-refractivity contribution >= 4 is 34.4 Å². The Morgan fingerprint density at radius 1 is 0.972 bits per heavy atom. The van der Waals surface area contributed by atoms with Crippen molar-refractivity contribution in [1.82, 2.24) is 19.7 Å². The van der Waals surface area contributed by atoms with Crippen LogP contribution in [0.4, 0.5) is 5.69 Å². The minimum Gasteiger partial charge on any atom is -0.467 e. The molecule has 176 valence electrons. The van der Waals surface area contributed by atoms with Gasteiger partial charge in [0.15, 0.2) is 5.65 Å². The van der Waals surface area contributed by atoms with Crippen molar-refractivity contribution in [2.24, 2.45) is 0 Å². The number of amides is 3. The van der Waals surface area contributed by atoms with E-state index >= 15 is 0 Å². The maximum atomic E-state index is 13.0. The molecule has 0 saturated carbocycles. The zero-order valence-corrected chi connectivity index (χ0v) is 19.1. The fraction of sp³-hybridized carbons (Fsp3) is 0.0741. The van der Waals surface area contributed by atoms with Crippen LogP contribution in [0.25, 0.3) is 16.7 Å². The van der Waals surface area contributed by atoms with Crippen molar-refractivity contribution in [2.75, 3.05) is 5.32 Å². The highest BCUT2D eigenvalue weighted by Gasteiger charge is 2.36. The van der Waals surface area contributed by atoms with E-state index in [2.05, 4.69) is 15.4 Å². The number of imide groups is 1. The number of anilines is 1. The second kappa shape index (κ2) is 8.31. The third kappa shape index (κ3) is 3.54. The summed E-state index contributed by atoms with van der Waals surface area (Å²) in [5.41, 5.74) is 3.53. The molecule has 2 aromatic carbocycles. The van der Waals surface area contributed by atoms with Gasteiger partial charge in [-0.25, -0.2) is 9.67 Å². The quantitative estimate of drug-likeness (QED) is 0.377. The van der Waals surface area contributed by atoms with Gasteiger partial charge in [0, 0.05) is 10.9 Å². The standard InChI is InChI=1S/C27H19N5O4/c1-16-22-13-18(14-28-24(22)32(30-16)19-6-3-2-4-7-19)29-25(33)17-9-10-21-23(12-17)27(35)31(26(21)34)15-20-8-5-11-36-20/h2-14H,15H2,1H3,(H,29,33). The molecule has 1 aliphatic heterocycles. The number of nitrogens with one attached hydrogen (secondary N) is 1. The number of hydrogen-bond donors (Lipinski definition) is 1. The van der Waals surface area contributed by atoms with Gasteiger partial charge >= 0.3 is 0 Å². The topological polar surface area (TPSA) is 110 Å². The van der Waals surface area contributed by atoms with Crippen molar-refractivity contribution in [3.05, 3.63) is 107 Å². The second-order valence-corrected chi connectivity index (χ2v) is 8.42. The van der Waals surface area contributed by atoms with Gasteiger partial charge < -0.3 is 9.73 Å². The molecule has 0 unspecified atom stereocenters. The lowest BCUT2D eigenvalue weighted by Gasteiger charge is -2.11. The first-order chi connectivity index (χ1) is 17.5. The van der Waals surface area contributed by atoms with E-state index in [1.807, 2.05) is 43.3 Å². The van der Waals surface area contributed by atoms with E-state index in [4.69, 9.17) is 4.42 Å². The van der Waals surface area contributed by atoms with Crippen molar-refractivity contribution < 1.29 is 18.8 Å². The fourth-order valence-corrected chi connectivity index (χ4v) is 4.30. The molecule has 4 heterocycles. The van der Waals surface area contributed by atoms with Gasteiger partial charge in [0.1, 0.15) is 5.76 Å². The minimum absolute atomic E-state index is 0.0303. The van der Waals surface area contributed by atoms with Crippen molar-refractivity contribution in [2.45, 2.75) is 13.5 Å². The summed E-state index contributed by atoms with van der Waals surface area (Å²) in [6, 6.07) is 19.3. The predicted octanol–water partition coefficient (Wildman–Crippen LogP) is 4.37. The molecule has 36 heavy (non-hydrogen) atoms. The summed E-state index contributed by atoms with van der Waals surface area (Å²) in [5, 5.41) is 8.22. The maximum Gasteiger partial charge on any atom is 0.261 e. The number of para-hydroxylation sites is 1. The Balaban J connectivity index is 1.25.